The summed E-state index contributed by atoms with van der Waals surface area (Å²) in [5.41, 5.74) is 6.03. The van der Waals surface area contributed by atoms with Gasteiger partial charge in [-0.3, -0.25) is 9.69 Å². The van der Waals surface area contributed by atoms with Gasteiger partial charge in [0.2, 0.25) is 5.91 Å². The van der Waals surface area contributed by atoms with Crippen molar-refractivity contribution < 1.29 is 4.79 Å². The van der Waals surface area contributed by atoms with Gasteiger partial charge >= 0.3 is 0 Å². The average molecular weight is 302 g/mol. The van der Waals surface area contributed by atoms with Gasteiger partial charge in [0.25, 0.3) is 0 Å². The lowest BCUT2D eigenvalue weighted by atomic mass is 9.90. The summed E-state index contributed by atoms with van der Waals surface area (Å²) in [4.78, 5) is 14.5. The highest BCUT2D eigenvalue weighted by molar-refractivity contribution is 5.85. The molecule has 5 heteroatoms. The van der Waals surface area contributed by atoms with Crippen molar-refractivity contribution in [1.82, 2.24) is 10.2 Å². The number of amides is 1. The smallest absolute Gasteiger partial charge is 0.234 e. The molecule has 1 atom stereocenters. The van der Waals surface area contributed by atoms with E-state index in [4.69, 9.17) is 5.73 Å². The van der Waals surface area contributed by atoms with Gasteiger partial charge in [-0.05, 0) is 62.4 Å². The summed E-state index contributed by atoms with van der Waals surface area (Å²) in [7, 11) is 0. The number of nitrogens with two attached hydrogens (primary N) is 1. The number of likely N-dealkylation sites (tertiary alicyclic amines) is 1. The standard InChI is InChI=1S/C15H27N3O.ClH/c1-15(9-16)6-7-18(10-15)8-13(19)17-14(11-2-3-11)12-4-5-12;/h11-12,14H,2-10,16H2,1H3,(H,17,19);1H. The van der Waals surface area contributed by atoms with E-state index in [1.54, 1.807) is 0 Å². The van der Waals surface area contributed by atoms with Crippen LogP contribution < -0.4 is 11.1 Å². The average Bonchev–Trinajstić information content (AvgIpc) is 3.26. The summed E-state index contributed by atoms with van der Waals surface area (Å²) in [6.45, 7) is 5.48. The molecule has 0 aromatic carbocycles. The van der Waals surface area contributed by atoms with Gasteiger partial charge in [0.05, 0.1) is 6.54 Å². The Morgan fingerprint density at radius 2 is 1.95 bits per heavy atom. The summed E-state index contributed by atoms with van der Waals surface area (Å²) in [5.74, 6) is 1.79. The Bertz CT molecular complexity index is 345. The molecular formula is C15H28ClN3O. The second-order valence-corrected chi connectivity index (χ2v) is 7.24. The third kappa shape index (κ3) is 3.86. The molecule has 3 N–H and O–H groups in total. The maximum atomic E-state index is 12.2. The molecule has 2 aliphatic carbocycles. The highest BCUT2D eigenvalue weighted by Gasteiger charge is 2.42. The summed E-state index contributed by atoms with van der Waals surface area (Å²) in [5, 5.41) is 3.30. The minimum Gasteiger partial charge on any atom is -0.352 e. The first-order chi connectivity index (χ1) is 9.09. The first-order valence-electron chi connectivity index (χ1n) is 7.81. The van der Waals surface area contributed by atoms with Gasteiger partial charge in [0, 0.05) is 12.6 Å². The molecule has 1 amide bonds. The normalized spacial score (nSPS) is 30.4. The maximum absolute atomic E-state index is 12.2. The number of halogens is 1. The van der Waals surface area contributed by atoms with Crippen molar-refractivity contribution in [3.8, 4) is 0 Å². The monoisotopic (exact) mass is 301 g/mol. The first-order valence-corrected chi connectivity index (χ1v) is 7.81. The fourth-order valence-corrected chi connectivity index (χ4v) is 3.39. The molecule has 4 nitrogen and oxygen atoms in total. The van der Waals surface area contributed by atoms with E-state index >= 15 is 0 Å². The van der Waals surface area contributed by atoms with Gasteiger partial charge in [-0.15, -0.1) is 12.4 Å². The molecule has 116 valence electrons. The molecule has 3 aliphatic rings. The van der Waals surface area contributed by atoms with Crippen LogP contribution in [0.5, 0.6) is 0 Å². The number of nitrogens with one attached hydrogen (secondary N) is 1. The Balaban J connectivity index is 0.00000147. The van der Waals surface area contributed by atoms with Crippen molar-refractivity contribution in [1.29, 1.82) is 0 Å². The molecule has 1 heterocycles. The number of hydrogen-bond donors (Lipinski definition) is 2. The molecule has 0 aromatic heterocycles. The lowest BCUT2D eigenvalue weighted by molar-refractivity contribution is -0.123. The van der Waals surface area contributed by atoms with E-state index < -0.39 is 0 Å². The Kier molecular flexibility index (Phi) is 4.98. The highest BCUT2D eigenvalue weighted by Crippen LogP contribution is 2.44. The van der Waals surface area contributed by atoms with Gasteiger partial charge in [0.1, 0.15) is 0 Å². The summed E-state index contributed by atoms with van der Waals surface area (Å²) < 4.78 is 0. The van der Waals surface area contributed by atoms with Crippen molar-refractivity contribution >= 4 is 18.3 Å². The molecular weight excluding hydrogens is 274 g/mol. The fourth-order valence-electron chi connectivity index (χ4n) is 3.39. The third-order valence-corrected chi connectivity index (χ3v) is 5.08. The van der Waals surface area contributed by atoms with E-state index in [1.807, 2.05) is 0 Å². The van der Waals surface area contributed by atoms with Crippen LogP contribution >= 0.6 is 12.4 Å². The number of hydrogen-bond acceptors (Lipinski definition) is 3. The Labute approximate surface area is 128 Å². The second kappa shape index (κ2) is 6.20. The maximum Gasteiger partial charge on any atom is 0.234 e. The van der Waals surface area contributed by atoms with Gasteiger partial charge in [-0.1, -0.05) is 6.92 Å². The predicted octanol–water partition coefficient (Wildman–Crippen LogP) is 1.38. The number of rotatable bonds is 6. The van der Waals surface area contributed by atoms with E-state index in [0.717, 1.165) is 37.9 Å². The Morgan fingerprint density at radius 1 is 1.35 bits per heavy atom. The summed E-state index contributed by atoms with van der Waals surface area (Å²) in [6.07, 6.45) is 6.38. The van der Waals surface area contributed by atoms with Crippen molar-refractivity contribution in [3.05, 3.63) is 0 Å². The van der Waals surface area contributed by atoms with Crippen molar-refractivity contribution in [2.24, 2.45) is 23.0 Å². The van der Waals surface area contributed by atoms with E-state index in [-0.39, 0.29) is 23.7 Å². The van der Waals surface area contributed by atoms with E-state index in [1.165, 1.54) is 25.7 Å². The van der Waals surface area contributed by atoms with Crippen LogP contribution in [-0.2, 0) is 4.79 Å². The zero-order chi connectivity index (χ0) is 13.5. The van der Waals surface area contributed by atoms with Crippen molar-refractivity contribution in [2.45, 2.75) is 45.1 Å². The SMILES string of the molecule is CC1(CN)CCN(CC(=O)NC(C2CC2)C2CC2)C1.Cl. The number of carbonyl (C=O) groups is 1. The zero-order valence-corrected chi connectivity index (χ0v) is 13.3. The van der Waals surface area contributed by atoms with E-state index in [2.05, 4.69) is 17.1 Å². The van der Waals surface area contributed by atoms with Crippen molar-refractivity contribution in [3.63, 3.8) is 0 Å². The number of nitrogens with zero attached hydrogens (tertiary/aromatic N) is 1. The molecule has 3 fully saturated rings. The van der Waals surface area contributed by atoms with Gasteiger partial charge in [0.15, 0.2) is 0 Å². The van der Waals surface area contributed by atoms with E-state index in [0.29, 0.717) is 12.6 Å². The van der Waals surface area contributed by atoms with Crippen LogP contribution in [0.4, 0.5) is 0 Å². The lowest BCUT2D eigenvalue weighted by Crippen LogP contribution is -2.44. The number of carbonyl (C=O) groups excluding carboxylic acids is 1. The predicted molar refractivity (Wildman–Crippen MR) is 82.8 cm³/mol. The van der Waals surface area contributed by atoms with Crippen LogP contribution in [-0.4, -0.2) is 43.0 Å². The van der Waals surface area contributed by atoms with Gasteiger partial charge in [-0.25, -0.2) is 0 Å². The van der Waals surface area contributed by atoms with Crippen LogP contribution in [0.25, 0.3) is 0 Å². The Morgan fingerprint density at radius 3 is 2.40 bits per heavy atom. The van der Waals surface area contributed by atoms with Gasteiger partial charge in [-0.2, -0.15) is 0 Å². The summed E-state index contributed by atoms with van der Waals surface area (Å²) >= 11 is 0. The van der Waals surface area contributed by atoms with Crippen LogP contribution in [0.3, 0.4) is 0 Å². The van der Waals surface area contributed by atoms with Crippen LogP contribution in [0.1, 0.15) is 39.0 Å². The van der Waals surface area contributed by atoms with Crippen molar-refractivity contribution in [2.75, 3.05) is 26.2 Å². The fraction of sp³-hybridized carbons (Fsp3) is 0.933. The van der Waals surface area contributed by atoms with E-state index in [9.17, 15) is 4.79 Å². The van der Waals surface area contributed by atoms with Crippen LogP contribution in [0.15, 0.2) is 0 Å². The van der Waals surface area contributed by atoms with Crippen LogP contribution in [0, 0.1) is 17.3 Å². The minimum absolute atomic E-state index is 0. The molecule has 3 rings (SSSR count). The first kappa shape index (κ1) is 16.1. The molecule has 0 aromatic rings. The molecule has 1 aliphatic heterocycles. The topological polar surface area (TPSA) is 58.4 Å². The minimum atomic E-state index is 0. The second-order valence-electron chi connectivity index (χ2n) is 7.24. The summed E-state index contributed by atoms with van der Waals surface area (Å²) in [6, 6.07) is 0.482. The molecule has 0 radical (unpaired) electrons. The highest BCUT2D eigenvalue weighted by atomic mass is 35.5. The molecule has 0 spiro atoms. The molecule has 20 heavy (non-hydrogen) atoms. The van der Waals surface area contributed by atoms with Crippen LogP contribution in [0.2, 0.25) is 0 Å². The van der Waals surface area contributed by atoms with Gasteiger partial charge < -0.3 is 11.1 Å². The lowest BCUT2D eigenvalue weighted by Gasteiger charge is -2.23. The molecule has 1 unspecified atom stereocenters. The Hall–Kier alpha value is -0.320. The molecule has 1 saturated heterocycles. The largest absolute Gasteiger partial charge is 0.352 e. The third-order valence-electron chi connectivity index (χ3n) is 5.08. The quantitative estimate of drug-likeness (QED) is 0.779. The zero-order valence-electron chi connectivity index (χ0n) is 12.4. The molecule has 2 saturated carbocycles. The molecule has 0 bridgehead atoms.